The van der Waals surface area contributed by atoms with Gasteiger partial charge >= 0.3 is 180 Å². The molecule has 0 fully saturated rings. The molecule has 0 saturated heterocycles. The maximum Gasteiger partial charge on any atom is -1.00 e. The number of halogens is 2. The molecule has 2 atom stereocenters. The Balaban J connectivity index is 0.00000116. The van der Waals surface area contributed by atoms with Crippen molar-refractivity contribution in [3.63, 3.8) is 0 Å². The fraction of sp³-hybridized carbons (Fsp3) is 0.385. The molecule has 2 bridgehead atoms. The first-order chi connectivity index (χ1) is 14.0. The van der Waals surface area contributed by atoms with Gasteiger partial charge in [-0.2, -0.15) is 0 Å². The summed E-state index contributed by atoms with van der Waals surface area (Å²) in [6, 6.07) is 20.8. The van der Waals surface area contributed by atoms with Crippen molar-refractivity contribution < 1.29 is 42.3 Å². The maximum atomic E-state index is 2.63. The molecule has 4 aliphatic rings. The first kappa shape index (κ1) is 24.0. The molecule has 0 aromatic heterocycles. The van der Waals surface area contributed by atoms with Crippen LogP contribution in [-0.4, -0.2) is 10.9 Å². The van der Waals surface area contributed by atoms with Crippen molar-refractivity contribution in [3.05, 3.63) is 73.6 Å². The average Bonchev–Trinajstić information content (AvgIpc) is 3.42. The zero-order valence-electron chi connectivity index (χ0n) is 18.9. The summed E-state index contributed by atoms with van der Waals surface area (Å²) in [5, 5.41) is 2.91. The molecule has 2 aromatic carbocycles. The van der Waals surface area contributed by atoms with E-state index < -0.39 is 17.5 Å². The van der Waals surface area contributed by atoms with E-state index in [1.165, 1.54) is 10.8 Å². The second-order valence-electron chi connectivity index (χ2n) is 9.80. The second kappa shape index (κ2) is 8.55. The van der Waals surface area contributed by atoms with Crippen LogP contribution in [0.2, 0.25) is 24.2 Å². The summed E-state index contributed by atoms with van der Waals surface area (Å²) in [6.45, 7) is 9.95. The third kappa shape index (κ3) is 3.13. The molecule has 2 aromatic rings. The van der Waals surface area contributed by atoms with Crippen molar-refractivity contribution >= 4 is 27.7 Å². The molecule has 2 unspecified atom stereocenters. The Morgan fingerprint density at radius 3 is 2.13 bits per heavy atom. The summed E-state index contributed by atoms with van der Waals surface area (Å²) in [7, 11) is 0. The molecule has 0 N–H and O–H groups in total. The van der Waals surface area contributed by atoms with E-state index in [-0.39, 0.29) is 35.7 Å². The van der Waals surface area contributed by atoms with Crippen molar-refractivity contribution in [2.45, 2.75) is 55.5 Å². The molecule has 6 rings (SSSR count). The van der Waals surface area contributed by atoms with Gasteiger partial charge in [0.15, 0.2) is 0 Å². The largest absolute Gasteiger partial charge is 1.00 e. The van der Waals surface area contributed by atoms with E-state index in [4.69, 9.17) is 0 Å². The van der Waals surface area contributed by atoms with E-state index >= 15 is 0 Å². The van der Waals surface area contributed by atoms with Gasteiger partial charge in [-0.1, -0.05) is 0 Å². The van der Waals surface area contributed by atoms with Crippen LogP contribution in [0.1, 0.15) is 42.4 Å². The predicted octanol–water partition coefficient (Wildman–Crippen LogP) is 1.34. The quantitative estimate of drug-likeness (QED) is 0.487. The summed E-state index contributed by atoms with van der Waals surface area (Å²) in [6.07, 6.45) is 5.25. The number of benzene rings is 2. The zero-order valence-corrected chi connectivity index (χ0v) is 24.8. The number of rotatable bonds is 2. The van der Waals surface area contributed by atoms with Gasteiger partial charge in [-0.3, -0.25) is 0 Å². The van der Waals surface area contributed by atoms with E-state index in [9.17, 15) is 0 Å². The van der Waals surface area contributed by atoms with Gasteiger partial charge in [-0.25, -0.2) is 0 Å². The second-order valence-corrected chi connectivity index (χ2v) is 43.7. The van der Waals surface area contributed by atoms with Gasteiger partial charge < -0.3 is 24.8 Å². The smallest absolute Gasteiger partial charge is 1.00 e. The van der Waals surface area contributed by atoms with Crippen LogP contribution in [0.15, 0.2) is 62.5 Å². The summed E-state index contributed by atoms with van der Waals surface area (Å²) in [5.41, 5.74) is 8.19. The first-order valence-corrected chi connectivity index (χ1v) is 25.2. The Morgan fingerprint density at radius 2 is 1.52 bits per heavy atom. The van der Waals surface area contributed by atoms with Crippen molar-refractivity contribution in [2.75, 3.05) is 0 Å². The molecule has 0 amide bonds. The zero-order chi connectivity index (χ0) is 19.9. The third-order valence-electron chi connectivity index (χ3n) is 8.52. The summed E-state index contributed by atoms with van der Waals surface area (Å²) < 4.78 is 2.97. The van der Waals surface area contributed by atoms with Gasteiger partial charge in [-0.05, 0) is 0 Å². The molecule has 0 radical (unpaired) electrons. The van der Waals surface area contributed by atoms with Gasteiger partial charge in [0.1, 0.15) is 0 Å². The Bertz CT molecular complexity index is 1300. The van der Waals surface area contributed by atoms with E-state index in [0.29, 0.717) is 0 Å². The van der Waals surface area contributed by atoms with Crippen LogP contribution in [0.5, 0.6) is 0 Å². The van der Waals surface area contributed by atoms with Crippen LogP contribution < -0.4 is 24.8 Å². The molecule has 0 saturated carbocycles. The van der Waals surface area contributed by atoms with Crippen LogP contribution in [0.3, 0.4) is 0 Å². The summed E-state index contributed by atoms with van der Waals surface area (Å²) in [4.78, 5) is 0. The first-order valence-electron chi connectivity index (χ1n) is 11.3. The minimum absolute atomic E-state index is 0. The number of hydrogen-bond acceptors (Lipinski definition) is 0. The van der Waals surface area contributed by atoms with Crippen molar-refractivity contribution in [2.24, 2.45) is 5.92 Å². The standard InChI is InChI=1S/C14H11.C8H11.C4H8Si2.2ClH.Zr/c1-10-8-12-7-6-11-4-2-3-5-13(11)14(12)9-10;1-6-4-7(2)8(3)5-6;1-2-6-4-3-5-1;;;/h2-9H,1H3;4,6H,1-3H3;1-4H2;2*1H;/q;;;;;+2/p-2. The predicted molar refractivity (Wildman–Crippen MR) is 127 cm³/mol. The summed E-state index contributed by atoms with van der Waals surface area (Å²) >= 11 is -2.50. The maximum absolute atomic E-state index is 2.63. The van der Waals surface area contributed by atoms with Gasteiger partial charge in [-0.15, -0.1) is 0 Å². The fourth-order valence-electron chi connectivity index (χ4n) is 7.49. The minimum Gasteiger partial charge on any atom is -1.00 e. The topological polar surface area (TPSA) is 0 Å². The fourth-order valence-corrected chi connectivity index (χ4v) is 90.0. The normalized spacial score (nSPS) is 23.4. The SMILES string of the molecule is CC1=CC(C)[C]([Zr+2]2([CH]3C(C)=Cc4c3ccc3ccccc43)=[Si]3CC[Si]=2CC3)=C1C.[Cl-].[Cl-]. The van der Waals surface area contributed by atoms with E-state index in [2.05, 4.69) is 79.5 Å². The van der Waals surface area contributed by atoms with Crippen molar-refractivity contribution in [1.82, 2.24) is 0 Å². The van der Waals surface area contributed by atoms with E-state index in [1.807, 2.05) is 0 Å². The molecule has 160 valence electrons. The van der Waals surface area contributed by atoms with Crippen LogP contribution >= 0.6 is 0 Å². The van der Waals surface area contributed by atoms with Gasteiger partial charge in [0.25, 0.3) is 0 Å². The molecule has 31 heavy (non-hydrogen) atoms. The average molecular weight is 561 g/mol. The van der Waals surface area contributed by atoms with Crippen LogP contribution in [0, 0.1) is 5.92 Å². The minimum atomic E-state index is -2.50. The molecule has 2 aliphatic heterocycles. The van der Waals surface area contributed by atoms with E-state index in [1.54, 1.807) is 52.0 Å². The third-order valence-corrected chi connectivity index (χ3v) is 66.3. The monoisotopic (exact) mass is 558 g/mol. The molecule has 2 aliphatic carbocycles. The van der Waals surface area contributed by atoms with Gasteiger partial charge in [0, 0.05) is 0 Å². The van der Waals surface area contributed by atoms with Gasteiger partial charge in [0.05, 0.1) is 0 Å². The van der Waals surface area contributed by atoms with Crippen LogP contribution in [-0.2, 0) is 17.5 Å². The van der Waals surface area contributed by atoms with E-state index in [0.717, 1.165) is 9.54 Å². The Morgan fingerprint density at radius 1 is 0.871 bits per heavy atom. The van der Waals surface area contributed by atoms with Crippen LogP contribution in [0.4, 0.5) is 0 Å². The number of hydrogen-bond donors (Lipinski definition) is 0. The van der Waals surface area contributed by atoms with Crippen LogP contribution in [0.25, 0.3) is 16.8 Å². The number of allylic oxidation sites excluding steroid dienone is 5. The van der Waals surface area contributed by atoms with Crippen molar-refractivity contribution in [3.8, 4) is 0 Å². The molecule has 0 nitrogen and oxygen atoms in total. The molecular weight excluding hydrogens is 531 g/mol. The Hall–Kier alpha value is -0.183. The number of fused-ring (bicyclic) bond motifs is 3. The Kier molecular flexibility index (Phi) is 6.61. The Labute approximate surface area is 203 Å². The van der Waals surface area contributed by atoms with Crippen molar-refractivity contribution in [1.29, 1.82) is 0 Å². The molecular formula is C26H30Cl2Si2Zr. The summed E-state index contributed by atoms with van der Waals surface area (Å²) in [5.74, 6) is 0.735. The van der Waals surface area contributed by atoms with Gasteiger partial charge in [0.2, 0.25) is 0 Å². The molecule has 5 heteroatoms. The molecule has 2 heterocycles. The molecule has 0 spiro atoms.